The molecule has 1 N–H and O–H groups in total. The van der Waals surface area contributed by atoms with Crippen molar-refractivity contribution in [1.82, 2.24) is 10.2 Å². The van der Waals surface area contributed by atoms with Gasteiger partial charge in [-0.3, -0.25) is 24.0 Å². The van der Waals surface area contributed by atoms with E-state index in [-0.39, 0.29) is 34.3 Å². The highest BCUT2D eigenvalue weighted by molar-refractivity contribution is 7.92. The standard InChI is InChI=1S/C33H32Cl2N4O6S/c1-2-18-36-33(41)31(19-24-10-5-3-6-11-24)37(22-25-16-17-26(34)20-30(25)35)32(40)23-38(27-12-9-13-28(21-27)39(42)43)46(44,45)29-14-7-4-8-15-29/h3-17,20-21,31H,2,18-19,22-23H2,1H3,(H,36,41). The van der Waals surface area contributed by atoms with Crippen LogP contribution < -0.4 is 9.62 Å². The largest absolute Gasteiger partial charge is 0.354 e. The number of amides is 2. The number of sulfonamides is 1. The van der Waals surface area contributed by atoms with E-state index in [4.69, 9.17) is 23.2 Å². The summed E-state index contributed by atoms with van der Waals surface area (Å²) in [7, 11) is -4.41. The molecule has 0 aliphatic heterocycles. The highest BCUT2D eigenvalue weighted by Gasteiger charge is 2.35. The lowest BCUT2D eigenvalue weighted by molar-refractivity contribution is -0.384. The lowest BCUT2D eigenvalue weighted by atomic mass is 10.0. The number of carbonyl (C=O) groups is 2. The van der Waals surface area contributed by atoms with Crippen molar-refractivity contribution < 1.29 is 22.9 Å². The summed E-state index contributed by atoms with van der Waals surface area (Å²) in [4.78, 5) is 40.3. The second-order valence-electron chi connectivity index (χ2n) is 10.4. The summed E-state index contributed by atoms with van der Waals surface area (Å²) in [6.45, 7) is 1.33. The first-order chi connectivity index (χ1) is 22.0. The van der Waals surface area contributed by atoms with Crippen LogP contribution in [0.1, 0.15) is 24.5 Å². The molecule has 0 aliphatic carbocycles. The van der Waals surface area contributed by atoms with Gasteiger partial charge in [-0.05, 0) is 47.9 Å². The Labute approximate surface area is 277 Å². The SMILES string of the molecule is CCCNC(=O)C(Cc1ccccc1)N(Cc1ccc(Cl)cc1Cl)C(=O)CN(c1cccc([N+](=O)[O-])c1)S(=O)(=O)c1ccccc1. The predicted molar refractivity (Wildman–Crippen MR) is 178 cm³/mol. The van der Waals surface area contributed by atoms with Gasteiger partial charge in [0.25, 0.3) is 15.7 Å². The molecule has 0 heterocycles. The van der Waals surface area contributed by atoms with Gasteiger partial charge in [0.05, 0.1) is 15.5 Å². The van der Waals surface area contributed by atoms with Crippen molar-refractivity contribution in [2.45, 2.75) is 37.2 Å². The number of rotatable bonds is 14. The number of nitrogens with one attached hydrogen (secondary N) is 1. The van der Waals surface area contributed by atoms with Crippen molar-refractivity contribution in [3.8, 4) is 0 Å². The summed E-state index contributed by atoms with van der Waals surface area (Å²) in [5.74, 6) is -1.17. The van der Waals surface area contributed by atoms with Crippen LogP contribution in [0.4, 0.5) is 11.4 Å². The summed E-state index contributed by atoms with van der Waals surface area (Å²) in [6.07, 6.45) is 0.770. The second-order valence-corrected chi connectivity index (χ2v) is 13.1. The molecule has 1 unspecified atom stereocenters. The monoisotopic (exact) mass is 682 g/mol. The zero-order chi connectivity index (χ0) is 33.3. The Balaban J connectivity index is 1.84. The van der Waals surface area contributed by atoms with Gasteiger partial charge in [0.1, 0.15) is 12.6 Å². The number of nitro benzene ring substituents is 1. The smallest absolute Gasteiger partial charge is 0.271 e. The molecular weight excluding hydrogens is 651 g/mol. The summed E-state index contributed by atoms with van der Waals surface area (Å²) in [5, 5.41) is 15.1. The van der Waals surface area contributed by atoms with E-state index in [0.29, 0.717) is 23.6 Å². The van der Waals surface area contributed by atoms with Crippen molar-refractivity contribution in [3.63, 3.8) is 0 Å². The number of carbonyl (C=O) groups excluding carboxylic acids is 2. The van der Waals surface area contributed by atoms with Crippen molar-refractivity contribution in [2.75, 3.05) is 17.4 Å². The minimum absolute atomic E-state index is 0.0917. The highest BCUT2D eigenvalue weighted by atomic mass is 35.5. The number of anilines is 1. The maximum absolute atomic E-state index is 14.5. The van der Waals surface area contributed by atoms with Crippen molar-refractivity contribution in [3.05, 3.63) is 134 Å². The van der Waals surface area contributed by atoms with E-state index in [1.54, 1.807) is 18.2 Å². The fraction of sp³-hybridized carbons (Fsp3) is 0.212. The molecule has 0 radical (unpaired) electrons. The third-order valence-electron chi connectivity index (χ3n) is 7.11. The molecule has 0 aromatic heterocycles. The number of hydrogen-bond acceptors (Lipinski definition) is 6. The van der Waals surface area contributed by atoms with Crippen LogP contribution in [-0.2, 0) is 32.6 Å². The van der Waals surface area contributed by atoms with E-state index < -0.39 is 39.3 Å². The van der Waals surface area contributed by atoms with Gasteiger partial charge in [0, 0.05) is 41.7 Å². The maximum atomic E-state index is 14.5. The topological polar surface area (TPSA) is 130 Å². The molecule has 46 heavy (non-hydrogen) atoms. The summed E-state index contributed by atoms with van der Waals surface area (Å²) in [5.41, 5.74) is 0.801. The van der Waals surface area contributed by atoms with Crippen LogP contribution in [0.3, 0.4) is 0 Å². The van der Waals surface area contributed by atoms with Gasteiger partial charge in [-0.1, -0.05) is 90.8 Å². The van der Waals surface area contributed by atoms with E-state index in [0.717, 1.165) is 15.9 Å². The van der Waals surface area contributed by atoms with Crippen LogP contribution >= 0.6 is 23.2 Å². The molecular formula is C33H32Cl2N4O6S. The first-order valence-corrected chi connectivity index (χ1v) is 16.6. The van der Waals surface area contributed by atoms with Crippen LogP contribution in [0.2, 0.25) is 10.0 Å². The van der Waals surface area contributed by atoms with Crippen LogP contribution in [0, 0.1) is 10.1 Å². The van der Waals surface area contributed by atoms with Crippen LogP contribution in [0.25, 0.3) is 0 Å². The highest BCUT2D eigenvalue weighted by Crippen LogP contribution is 2.29. The molecule has 1 atom stereocenters. The Morgan fingerprint density at radius 2 is 1.59 bits per heavy atom. The molecule has 2 amide bonds. The van der Waals surface area contributed by atoms with Crippen LogP contribution in [-0.4, -0.2) is 49.2 Å². The molecule has 0 saturated carbocycles. The number of non-ortho nitro benzene ring substituents is 1. The molecule has 0 spiro atoms. The van der Waals surface area contributed by atoms with Crippen LogP contribution in [0.15, 0.2) is 108 Å². The molecule has 4 rings (SSSR count). The summed E-state index contributed by atoms with van der Waals surface area (Å²) in [6, 6.07) is 25.3. The molecule has 0 saturated heterocycles. The Morgan fingerprint density at radius 3 is 2.22 bits per heavy atom. The number of nitro groups is 1. The van der Waals surface area contributed by atoms with E-state index in [1.165, 1.54) is 53.4 Å². The zero-order valence-corrected chi connectivity index (χ0v) is 27.2. The lowest BCUT2D eigenvalue weighted by Gasteiger charge is -2.34. The zero-order valence-electron chi connectivity index (χ0n) is 24.9. The molecule has 4 aromatic rings. The quantitative estimate of drug-likeness (QED) is 0.123. The van der Waals surface area contributed by atoms with Gasteiger partial charge in [0.15, 0.2) is 0 Å². The Hall–Kier alpha value is -4.45. The average molecular weight is 684 g/mol. The molecule has 4 aromatic carbocycles. The minimum Gasteiger partial charge on any atom is -0.354 e. The van der Waals surface area contributed by atoms with Gasteiger partial charge in [-0.2, -0.15) is 0 Å². The summed E-state index contributed by atoms with van der Waals surface area (Å²) >= 11 is 12.6. The maximum Gasteiger partial charge on any atom is 0.271 e. The Kier molecular flexibility index (Phi) is 11.8. The van der Waals surface area contributed by atoms with E-state index in [2.05, 4.69) is 5.32 Å². The van der Waals surface area contributed by atoms with Gasteiger partial charge in [-0.25, -0.2) is 8.42 Å². The number of halogens is 2. The van der Waals surface area contributed by atoms with Crippen molar-refractivity contribution >= 4 is 56.4 Å². The van der Waals surface area contributed by atoms with Gasteiger partial charge >= 0.3 is 0 Å². The lowest BCUT2D eigenvalue weighted by Crippen LogP contribution is -2.53. The third kappa shape index (κ3) is 8.63. The fourth-order valence-corrected chi connectivity index (χ4v) is 6.66. The van der Waals surface area contributed by atoms with Gasteiger partial charge in [-0.15, -0.1) is 0 Å². The first-order valence-electron chi connectivity index (χ1n) is 14.4. The first kappa shape index (κ1) is 34.4. The average Bonchev–Trinajstić information content (AvgIpc) is 3.05. The predicted octanol–water partition coefficient (Wildman–Crippen LogP) is 6.26. The fourth-order valence-electron chi connectivity index (χ4n) is 4.76. The number of nitrogens with zero attached hydrogens (tertiary/aromatic N) is 3. The van der Waals surface area contributed by atoms with Crippen molar-refractivity contribution in [1.29, 1.82) is 0 Å². The van der Waals surface area contributed by atoms with Crippen molar-refractivity contribution in [2.24, 2.45) is 0 Å². The Bertz CT molecular complexity index is 1790. The third-order valence-corrected chi connectivity index (χ3v) is 9.49. The molecule has 240 valence electrons. The minimum atomic E-state index is -4.41. The normalized spacial score (nSPS) is 11.8. The van der Waals surface area contributed by atoms with E-state index in [9.17, 15) is 28.1 Å². The molecule has 10 nitrogen and oxygen atoms in total. The van der Waals surface area contributed by atoms with Gasteiger partial charge < -0.3 is 10.2 Å². The van der Waals surface area contributed by atoms with Gasteiger partial charge in [0.2, 0.25) is 11.8 Å². The van der Waals surface area contributed by atoms with E-state index >= 15 is 0 Å². The molecule has 0 bridgehead atoms. The molecule has 0 aliphatic rings. The van der Waals surface area contributed by atoms with Crippen LogP contribution in [0.5, 0.6) is 0 Å². The Morgan fingerprint density at radius 1 is 0.913 bits per heavy atom. The second kappa shape index (κ2) is 15.7. The molecule has 0 fully saturated rings. The van der Waals surface area contributed by atoms with E-state index in [1.807, 2.05) is 37.3 Å². The number of hydrogen-bond donors (Lipinski definition) is 1. The summed E-state index contributed by atoms with van der Waals surface area (Å²) < 4.78 is 28.9. The molecule has 13 heteroatoms. The number of benzene rings is 4.